The Kier molecular flexibility index (Phi) is 2.83. The van der Waals surface area contributed by atoms with Crippen molar-refractivity contribution in [1.29, 1.82) is 0 Å². The molecular formula is C15H23N. The largest absolute Gasteiger partial charge is 0.330 e. The molecule has 0 radical (unpaired) electrons. The molecule has 1 aliphatic carbocycles. The number of hydrogen-bond acceptors (Lipinski definition) is 1. The fourth-order valence-corrected chi connectivity index (χ4v) is 2.44. The molecule has 1 aromatic carbocycles. The van der Waals surface area contributed by atoms with Crippen molar-refractivity contribution in [2.24, 2.45) is 11.1 Å². The van der Waals surface area contributed by atoms with Crippen molar-refractivity contribution in [3.05, 3.63) is 35.4 Å². The van der Waals surface area contributed by atoms with E-state index < -0.39 is 0 Å². The molecule has 0 spiro atoms. The van der Waals surface area contributed by atoms with Gasteiger partial charge in [-0.15, -0.1) is 0 Å². The molecule has 88 valence electrons. The van der Waals surface area contributed by atoms with Gasteiger partial charge in [0.2, 0.25) is 0 Å². The van der Waals surface area contributed by atoms with Crippen LogP contribution in [0.1, 0.15) is 44.7 Å². The Balaban J connectivity index is 2.27. The number of rotatable bonds is 3. The SMILES string of the molecule is CC(C)(C)c1ccccc1CC1(CN)CC1. The molecule has 1 fully saturated rings. The van der Waals surface area contributed by atoms with Crippen LogP contribution < -0.4 is 5.73 Å². The van der Waals surface area contributed by atoms with E-state index >= 15 is 0 Å². The van der Waals surface area contributed by atoms with Gasteiger partial charge in [-0.05, 0) is 47.8 Å². The normalized spacial score (nSPS) is 18.5. The van der Waals surface area contributed by atoms with Gasteiger partial charge in [-0.2, -0.15) is 0 Å². The van der Waals surface area contributed by atoms with Crippen LogP contribution in [0.2, 0.25) is 0 Å². The van der Waals surface area contributed by atoms with Crippen molar-refractivity contribution in [3.63, 3.8) is 0 Å². The Morgan fingerprint density at radius 3 is 2.31 bits per heavy atom. The van der Waals surface area contributed by atoms with Gasteiger partial charge in [0.05, 0.1) is 0 Å². The Hall–Kier alpha value is -0.820. The van der Waals surface area contributed by atoms with E-state index in [2.05, 4.69) is 45.0 Å². The molecule has 0 aliphatic heterocycles. The molecule has 0 bridgehead atoms. The van der Waals surface area contributed by atoms with Crippen LogP contribution in [0.5, 0.6) is 0 Å². The minimum atomic E-state index is 0.237. The summed E-state index contributed by atoms with van der Waals surface area (Å²) < 4.78 is 0. The first kappa shape index (κ1) is 11.7. The first-order valence-corrected chi connectivity index (χ1v) is 6.25. The highest BCUT2D eigenvalue weighted by Gasteiger charge is 2.41. The second kappa shape index (κ2) is 3.89. The van der Waals surface area contributed by atoms with Crippen molar-refractivity contribution >= 4 is 0 Å². The molecule has 0 heterocycles. The van der Waals surface area contributed by atoms with Gasteiger partial charge < -0.3 is 5.73 Å². The fraction of sp³-hybridized carbons (Fsp3) is 0.600. The minimum absolute atomic E-state index is 0.237. The molecule has 1 aromatic rings. The van der Waals surface area contributed by atoms with E-state index in [9.17, 15) is 0 Å². The van der Waals surface area contributed by atoms with Crippen molar-refractivity contribution in [2.75, 3.05) is 6.54 Å². The molecule has 0 saturated heterocycles. The number of nitrogens with two attached hydrogens (primary N) is 1. The second-order valence-electron chi connectivity index (χ2n) is 6.29. The molecule has 2 N–H and O–H groups in total. The van der Waals surface area contributed by atoms with Crippen LogP contribution in [0.25, 0.3) is 0 Å². The molecule has 1 heteroatoms. The zero-order valence-corrected chi connectivity index (χ0v) is 10.7. The number of hydrogen-bond donors (Lipinski definition) is 1. The van der Waals surface area contributed by atoms with Crippen LogP contribution >= 0.6 is 0 Å². The lowest BCUT2D eigenvalue weighted by Crippen LogP contribution is -2.21. The van der Waals surface area contributed by atoms with Crippen LogP contribution in [0.4, 0.5) is 0 Å². The molecule has 1 nitrogen and oxygen atoms in total. The highest BCUT2D eigenvalue weighted by Crippen LogP contribution is 2.48. The van der Waals surface area contributed by atoms with Gasteiger partial charge in [0, 0.05) is 0 Å². The Bertz CT molecular complexity index is 369. The van der Waals surface area contributed by atoms with Crippen molar-refractivity contribution in [3.8, 4) is 0 Å². The van der Waals surface area contributed by atoms with Gasteiger partial charge in [-0.1, -0.05) is 45.0 Å². The highest BCUT2D eigenvalue weighted by atomic mass is 14.6. The average molecular weight is 217 g/mol. The molecule has 1 aliphatic rings. The maximum absolute atomic E-state index is 5.88. The van der Waals surface area contributed by atoms with E-state index in [0.29, 0.717) is 5.41 Å². The zero-order valence-electron chi connectivity index (χ0n) is 10.7. The van der Waals surface area contributed by atoms with E-state index in [1.54, 1.807) is 0 Å². The van der Waals surface area contributed by atoms with Gasteiger partial charge >= 0.3 is 0 Å². The van der Waals surface area contributed by atoms with Crippen LogP contribution in [-0.4, -0.2) is 6.54 Å². The number of benzene rings is 1. The summed E-state index contributed by atoms with van der Waals surface area (Å²) in [6.45, 7) is 7.70. The standard InChI is InChI=1S/C15H23N/c1-14(2,3)13-7-5-4-6-12(13)10-15(11-16)8-9-15/h4-7H,8-11,16H2,1-3H3. The summed E-state index contributed by atoms with van der Waals surface area (Å²) in [5.74, 6) is 0. The van der Waals surface area contributed by atoms with E-state index in [4.69, 9.17) is 5.73 Å². The Morgan fingerprint density at radius 1 is 1.19 bits per heavy atom. The average Bonchev–Trinajstić information content (AvgIpc) is 2.98. The van der Waals surface area contributed by atoms with Crippen LogP contribution in [0.3, 0.4) is 0 Å². The lowest BCUT2D eigenvalue weighted by Gasteiger charge is -2.24. The third-order valence-electron chi connectivity index (χ3n) is 3.78. The summed E-state index contributed by atoms with van der Waals surface area (Å²) in [4.78, 5) is 0. The monoisotopic (exact) mass is 217 g/mol. The molecule has 1 saturated carbocycles. The molecule has 0 amide bonds. The van der Waals surface area contributed by atoms with E-state index in [-0.39, 0.29) is 5.41 Å². The van der Waals surface area contributed by atoms with E-state index in [0.717, 1.165) is 13.0 Å². The Labute approximate surface area is 99.0 Å². The summed E-state index contributed by atoms with van der Waals surface area (Å²) in [6, 6.07) is 8.83. The van der Waals surface area contributed by atoms with Crippen LogP contribution in [0.15, 0.2) is 24.3 Å². The minimum Gasteiger partial charge on any atom is -0.330 e. The van der Waals surface area contributed by atoms with Gasteiger partial charge in [-0.25, -0.2) is 0 Å². The van der Waals surface area contributed by atoms with Gasteiger partial charge in [0.15, 0.2) is 0 Å². The van der Waals surface area contributed by atoms with Crippen LogP contribution in [-0.2, 0) is 11.8 Å². The van der Waals surface area contributed by atoms with Gasteiger partial charge in [0.25, 0.3) is 0 Å². The van der Waals surface area contributed by atoms with Gasteiger partial charge in [-0.3, -0.25) is 0 Å². The Morgan fingerprint density at radius 2 is 1.81 bits per heavy atom. The van der Waals surface area contributed by atoms with Crippen molar-refractivity contribution < 1.29 is 0 Å². The summed E-state index contributed by atoms with van der Waals surface area (Å²) in [5, 5.41) is 0. The van der Waals surface area contributed by atoms with Crippen molar-refractivity contribution in [1.82, 2.24) is 0 Å². The van der Waals surface area contributed by atoms with Crippen LogP contribution in [0, 0.1) is 5.41 Å². The summed E-state index contributed by atoms with van der Waals surface area (Å²) in [7, 11) is 0. The van der Waals surface area contributed by atoms with Crippen molar-refractivity contribution in [2.45, 2.75) is 45.4 Å². The summed E-state index contributed by atoms with van der Waals surface area (Å²) in [5.41, 5.74) is 9.52. The first-order valence-electron chi connectivity index (χ1n) is 6.25. The molecule has 0 unspecified atom stereocenters. The quantitative estimate of drug-likeness (QED) is 0.826. The van der Waals surface area contributed by atoms with E-state index in [1.807, 2.05) is 0 Å². The van der Waals surface area contributed by atoms with Gasteiger partial charge in [0.1, 0.15) is 0 Å². The molecule has 2 rings (SSSR count). The molecule has 0 aromatic heterocycles. The molecular weight excluding hydrogens is 194 g/mol. The third-order valence-corrected chi connectivity index (χ3v) is 3.78. The predicted molar refractivity (Wildman–Crippen MR) is 69.6 cm³/mol. The lowest BCUT2D eigenvalue weighted by atomic mass is 9.81. The third kappa shape index (κ3) is 2.30. The highest BCUT2D eigenvalue weighted by molar-refractivity contribution is 5.34. The topological polar surface area (TPSA) is 26.0 Å². The zero-order chi connectivity index (χ0) is 11.8. The first-order chi connectivity index (χ1) is 7.47. The van der Waals surface area contributed by atoms with E-state index in [1.165, 1.54) is 24.0 Å². The molecule has 16 heavy (non-hydrogen) atoms. The second-order valence-corrected chi connectivity index (χ2v) is 6.29. The smallest absolute Gasteiger partial charge is 0.00173 e. The lowest BCUT2D eigenvalue weighted by molar-refractivity contribution is 0.505. The fourth-order valence-electron chi connectivity index (χ4n) is 2.44. The summed E-state index contributed by atoms with van der Waals surface area (Å²) in [6.07, 6.45) is 3.78. The predicted octanol–water partition coefficient (Wildman–Crippen LogP) is 3.27. The maximum Gasteiger partial charge on any atom is -0.00173 e. The molecule has 0 atom stereocenters. The summed E-state index contributed by atoms with van der Waals surface area (Å²) >= 11 is 0. The maximum atomic E-state index is 5.88.